The Bertz CT molecular complexity index is 3150. The lowest BCUT2D eigenvalue weighted by atomic mass is 9.63. The lowest BCUT2D eigenvalue weighted by molar-refractivity contribution is 0.432. The Kier molecular flexibility index (Phi) is 7.60. The third-order valence-electron chi connectivity index (χ3n) is 13.2. The minimum Gasteiger partial charge on any atom is -0.0616 e. The second kappa shape index (κ2) is 12.9. The quantitative estimate of drug-likeness (QED) is 0.158. The van der Waals surface area contributed by atoms with Gasteiger partial charge >= 0.3 is 0 Å². The van der Waals surface area contributed by atoms with E-state index in [0.717, 1.165) is 0 Å². The predicted molar refractivity (Wildman–Crippen MR) is 245 cm³/mol. The van der Waals surface area contributed by atoms with Crippen LogP contribution in [0.2, 0.25) is 0 Å². The summed E-state index contributed by atoms with van der Waals surface area (Å²) in [6.45, 7) is 7.21. The summed E-state index contributed by atoms with van der Waals surface area (Å²) in [7, 11) is 0. The molecule has 0 saturated heterocycles. The van der Waals surface area contributed by atoms with Crippen molar-refractivity contribution in [1.29, 1.82) is 0 Å². The highest BCUT2D eigenvalue weighted by atomic mass is 14.4. The predicted octanol–water partition coefficient (Wildman–Crippen LogP) is 16.0. The van der Waals surface area contributed by atoms with E-state index in [1.54, 1.807) is 0 Å². The molecule has 1 aliphatic carbocycles. The third-order valence-corrected chi connectivity index (χ3v) is 13.2. The van der Waals surface area contributed by atoms with E-state index >= 15 is 0 Å². The van der Waals surface area contributed by atoms with Crippen molar-refractivity contribution in [3.05, 3.63) is 205 Å². The van der Waals surface area contributed by atoms with Gasteiger partial charge in [-0.05, 0) is 139 Å². The van der Waals surface area contributed by atoms with Crippen molar-refractivity contribution in [2.24, 2.45) is 0 Å². The first kappa shape index (κ1) is 33.6. The second-order valence-corrected chi connectivity index (χ2v) is 16.5. The molecule has 0 spiro atoms. The van der Waals surface area contributed by atoms with E-state index in [9.17, 15) is 0 Å². The van der Waals surface area contributed by atoms with Crippen LogP contribution in [0.4, 0.5) is 0 Å². The molecule has 0 fully saturated rings. The maximum Gasteiger partial charge on any atom is -0.00201 e. The smallest absolute Gasteiger partial charge is 0.00201 e. The summed E-state index contributed by atoms with van der Waals surface area (Å²) in [5.74, 6) is 0.404. The summed E-state index contributed by atoms with van der Waals surface area (Å²) in [4.78, 5) is 0. The van der Waals surface area contributed by atoms with E-state index in [-0.39, 0.29) is 5.41 Å². The van der Waals surface area contributed by atoms with Crippen molar-refractivity contribution < 1.29 is 0 Å². The molecular formula is C57H42. The van der Waals surface area contributed by atoms with Crippen molar-refractivity contribution in [3.8, 4) is 55.6 Å². The summed E-state index contributed by atoms with van der Waals surface area (Å²) >= 11 is 0. The molecule has 0 radical (unpaired) electrons. The molecule has 270 valence electrons. The van der Waals surface area contributed by atoms with Gasteiger partial charge in [0, 0.05) is 0 Å². The first-order valence-electron chi connectivity index (χ1n) is 20.2. The van der Waals surface area contributed by atoms with Crippen LogP contribution in [0.3, 0.4) is 0 Å². The van der Waals surface area contributed by atoms with Gasteiger partial charge in [0.25, 0.3) is 0 Å². The van der Waals surface area contributed by atoms with Crippen molar-refractivity contribution in [3.63, 3.8) is 0 Å². The number of fused-ring (bicyclic) bond motifs is 7. The molecule has 1 atom stereocenters. The van der Waals surface area contributed by atoms with Crippen LogP contribution in [0.1, 0.15) is 37.8 Å². The van der Waals surface area contributed by atoms with E-state index in [2.05, 4.69) is 215 Å². The van der Waals surface area contributed by atoms with Gasteiger partial charge in [-0.2, -0.15) is 0 Å². The van der Waals surface area contributed by atoms with Gasteiger partial charge in [-0.3, -0.25) is 0 Å². The molecule has 1 aliphatic rings. The summed E-state index contributed by atoms with van der Waals surface area (Å²) in [5, 5.41) is 10.2. The molecule has 10 aromatic carbocycles. The van der Waals surface area contributed by atoms with E-state index in [0.29, 0.717) is 5.92 Å². The zero-order chi connectivity index (χ0) is 38.3. The molecule has 0 aliphatic heterocycles. The Morgan fingerprint density at radius 2 is 0.825 bits per heavy atom. The van der Waals surface area contributed by atoms with Gasteiger partial charge in [0.1, 0.15) is 0 Å². The molecule has 57 heavy (non-hydrogen) atoms. The van der Waals surface area contributed by atoms with Gasteiger partial charge in [0.2, 0.25) is 0 Å². The zero-order valence-corrected chi connectivity index (χ0v) is 32.6. The van der Waals surface area contributed by atoms with Crippen molar-refractivity contribution >= 4 is 43.1 Å². The topological polar surface area (TPSA) is 0 Å². The molecule has 11 rings (SSSR count). The maximum absolute atomic E-state index is 2.44. The largest absolute Gasteiger partial charge is 0.0616 e. The van der Waals surface area contributed by atoms with Crippen LogP contribution in [0.15, 0.2) is 194 Å². The fourth-order valence-corrected chi connectivity index (χ4v) is 9.92. The first-order valence-corrected chi connectivity index (χ1v) is 20.2. The van der Waals surface area contributed by atoms with Gasteiger partial charge in [0.05, 0.1) is 0 Å². The number of rotatable bonds is 4. The second-order valence-electron chi connectivity index (χ2n) is 16.5. The van der Waals surface area contributed by atoms with Gasteiger partial charge in [-0.15, -0.1) is 0 Å². The molecule has 0 N–H and O–H groups in total. The normalized spacial score (nSPS) is 14.5. The van der Waals surface area contributed by atoms with E-state index in [4.69, 9.17) is 0 Å². The molecule has 0 nitrogen and oxygen atoms in total. The zero-order valence-electron chi connectivity index (χ0n) is 32.6. The summed E-state index contributed by atoms with van der Waals surface area (Å²) in [6, 6.07) is 72.4. The minimum absolute atomic E-state index is 0.0363. The van der Waals surface area contributed by atoms with Gasteiger partial charge in [-0.1, -0.05) is 197 Å². The van der Waals surface area contributed by atoms with Crippen LogP contribution in [0.25, 0.3) is 98.7 Å². The van der Waals surface area contributed by atoms with Crippen LogP contribution in [-0.2, 0) is 5.41 Å². The fraction of sp³-hybridized carbons (Fsp3) is 0.0877. The summed E-state index contributed by atoms with van der Waals surface area (Å²) in [6.07, 6.45) is 0. The number of benzene rings is 10. The molecule has 0 saturated carbocycles. The highest BCUT2D eigenvalue weighted by molar-refractivity contribution is 6.22. The van der Waals surface area contributed by atoms with Crippen molar-refractivity contribution in [1.82, 2.24) is 0 Å². The molecule has 1 unspecified atom stereocenters. The standard InChI is InChI=1S/C57H42/c1-36-43-32-31-42(33-52(43)53-34-40-16-4-5-17-41(40)35-54(53)57(36,2)3)37-27-29-39(30-28-37)55-48-22-10-12-24-50(48)56(51-25-13-11-23-49(51)55)47-21-9-8-20-46(47)45-26-14-18-38-15-6-7-19-44(38)45/h4-36H,1-3H3. The Balaban J connectivity index is 1.06. The Morgan fingerprint density at radius 1 is 0.333 bits per heavy atom. The lowest BCUT2D eigenvalue weighted by Gasteiger charge is -2.40. The molecule has 0 heteroatoms. The Morgan fingerprint density at radius 3 is 1.51 bits per heavy atom. The van der Waals surface area contributed by atoms with Crippen LogP contribution in [-0.4, -0.2) is 0 Å². The third kappa shape index (κ3) is 5.21. The average Bonchev–Trinajstić information content (AvgIpc) is 3.27. The number of hydrogen-bond donors (Lipinski definition) is 0. The van der Waals surface area contributed by atoms with Crippen LogP contribution >= 0.6 is 0 Å². The van der Waals surface area contributed by atoms with Crippen molar-refractivity contribution in [2.45, 2.75) is 32.1 Å². The molecule has 0 amide bonds. The summed E-state index contributed by atoms with van der Waals surface area (Å²) < 4.78 is 0. The SMILES string of the molecule is CC1c2ccc(-c3ccc(-c4c5ccccc5c(-c5ccccc5-c5cccc6ccccc56)c5ccccc45)cc3)cc2-c2cc3ccccc3cc2C1(C)C. The van der Waals surface area contributed by atoms with Crippen LogP contribution < -0.4 is 0 Å². The summed E-state index contributed by atoms with van der Waals surface area (Å²) in [5.41, 5.74) is 15.7. The van der Waals surface area contributed by atoms with Gasteiger partial charge in [-0.25, -0.2) is 0 Å². The molecule has 10 aromatic rings. The van der Waals surface area contributed by atoms with Gasteiger partial charge in [0.15, 0.2) is 0 Å². The molecular weight excluding hydrogens is 685 g/mol. The van der Waals surface area contributed by atoms with E-state index in [1.165, 1.54) is 110 Å². The lowest BCUT2D eigenvalue weighted by Crippen LogP contribution is -2.29. The van der Waals surface area contributed by atoms with E-state index < -0.39 is 0 Å². The van der Waals surface area contributed by atoms with Crippen LogP contribution in [0, 0.1) is 0 Å². The monoisotopic (exact) mass is 726 g/mol. The molecule has 0 heterocycles. The molecule has 0 bridgehead atoms. The average molecular weight is 727 g/mol. The Labute approximate surface area is 334 Å². The maximum atomic E-state index is 2.44. The molecule has 0 aromatic heterocycles. The minimum atomic E-state index is 0.0363. The van der Waals surface area contributed by atoms with Crippen molar-refractivity contribution in [2.75, 3.05) is 0 Å². The number of hydrogen-bond acceptors (Lipinski definition) is 0. The highest BCUT2D eigenvalue weighted by Gasteiger charge is 2.37. The van der Waals surface area contributed by atoms with Gasteiger partial charge < -0.3 is 0 Å². The van der Waals surface area contributed by atoms with Crippen LogP contribution in [0.5, 0.6) is 0 Å². The highest BCUT2D eigenvalue weighted by Crippen LogP contribution is 2.52. The Hall–Kier alpha value is -6.76. The fourth-order valence-electron chi connectivity index (χ4n) is 9.92. The van der Waals surface area contributed by atoms with E-state index in [1.807, 2.05) is 0 Å². The first-order chi connectivity index (χ1) is 28.0.